The second kappa shape index (κ2) is 8.78. The van der Waals surface area contributed by atoms with Gasteiger partial charge in [0, 0.05) is 17.3 Å². The van der Waals surface area contributed by atoms with E-state index in [2.05, 4.69) is 38.2 Å². The smallest absolute Gasteiger partial charge is 0.187 e. The second-order valence-electron chi connectivity index (χ2n) is 8.06. The van der Waals surface area contributed by atoms with E-state index < -0.39 is 0 Å². The summed E-state index contributed by atoms with van der Waals surface area (Å²) in [5.41, 5.74) is 3.58. The lowest BCUT2D eigenvalue weighted by Gasteiger charge is -2.19. The monoisotopic (exact) mass is 385 g/mol. The molecule has 0 atom stereocenters. The van der Waals surface area contributed by atoms with Gasteiger partial charge in [-0.3, -0.25) is 4.79 Å². The molecule has 0 amide bonds. The molecule has 3 nitrogen and oxygen atoms in total. The molecule has 3 aromatic rings. The fourth-order valence-corrected chi connectivity index (χ4v) is 2.94. The van der Waals surface area contributed by atoms with Crippen LogP contribution in [0.2, 0.25) is 0 Å². The lowest BCUT2D eigenvalue weighted by Crippen LogP contribution is -2.10. The lowest BCUT2D eigenvalue weighted by atomic mass is 9.87. The Kier molecular flexibility index (Phi) is 6.18. The van der Waals surface area contributed by atoms with Crippen molar-refractivity contribution in [1.29, 1.82) is 0 Å². The highest BCUT2D eigenvalue weighted by Gasteiger charge is 2.13. The maximum atomic E-state index is 12.4. The number of hydrogen-bond donors (Lipinski definition) is 1. The molecule has 0 aliphatic rings. The normalized spacial score (nSPS) is 11.8. The Balaban J connectivity index is 1.75. The second-order valence-corrected chi connectivity index (χ2v) is 8.06. The van der Waals surface area contributed by atoms with Crippen molar-refractivity contribution >= 4 is 11.5 Å². The Morgan fingerprint density at radius 2 is 1.48 bits per heavy atom. The van der Waals surface area contributed by atoms with Gasteiger partial charge in [-0.25, -0.2) is 0 Å². The number of carbonyl (C=O) groups excluding carboxylic acids is 1. The highest BCUT2D eigenvalue weighted by molar-refractivity contribution is 6.05. The quantitative estimate of drug-likeness (QED) is 0.367. The van der Waals surface area contributed by atoms with Gasteiger partial charge in [0.25, 0.3) is 0 Å². The van der Waals surface area contributed by atoms with Crippen LogP contribution in [0.3, 0.4) is 0 Å². The first-order valence-electron chi connectivity index (χ1n) is 9.75. The molecule has 0 unspecified atom stereocenters. The minimum atomic E-state index is -0.0354. The van der Waals surface area contributed by atoms with Crippen LogP contribution in [0.1, 0.15) is 43.6 Å². The molecule has 0 saturated heterocycles. The van der Waals surface area contributed by atoms with Crippen LogP contribution in [0.15, 0.2) is 90.6 Å². The zero-order valence-electron chi connectivity index (χ0n) is 17.4. The van der Waals surface area contributed by atoms with Gasteiger partial charge in [-0.1, -0.05) is 75.4 Å². The molecule has 0 aromatic heterocycles. The number of rotatable bonds is 6. The van der Waals surface area contributed by atoms with Crippen molar-refractivity contribution < 1.29 is 9.53 Å². The van der Waals surface area contributed by atoms with Crippen molar-refractivity contribution in [2.24, 2.45) is 0 Å². The van der Waals surface area contributed by atoms with Gasteiger partial charge < -0.3 is 10.1 Å². The van der Waals surface area contributed by atoms with Crippen molar-refractivity contribution in [1.82, 2.24) is 0 Å². The summed E-state index contributed by atoms with van der Waals surface area (Å²) in [7, 11) is 0. The SMILES string of the molecule is C/C(=C/C(=O)c1ccccc1)Nc1ccccc1Oc1ccc(C(C)(C)C)cc1. The van der Waals surface area contributed by atoms with E-state index in [0.717, 1.165) is 17.1 Å². The van der Waals surface area contributed by atoms with E-state index in [1.807, 2.05) is 73.7 Å². The summed E-state index contributed by atoms with van der Waals surface area (Å²) in [6, 6.07) is 25.1. The number of nitrogens with one attached hydrogen (secondary N) is 1. The van der Waals surface area contributed by atoms with Crippen molar-refractivity contribution in [3.8, 4) is 11.5 Å². The summed E-state index contributed by atoms with van der Waals surface area (Å²) in [4.78, 5) is 12.4. The first-order chi connectivity index (χ1) is 13.8. The first-order valence-corrected chi connectivity index (χ1v) is 9.75. The number of para-hydroxylation sites is 2. The molecule has 1 N–H and O–H groups in total. The molecule has 0 aliphatic carbocycles. The summed E-state index contributed by atoms with van der Waals surface area (Å²) in [5.74, 6) is 1.44. The topological polar surface area (TPSA) is 38.3 Å². The van der Waals surface area contributed by atoms with Crippen LogP contribution < -0.4 is 10.1 Å². The molecule has 0 heterocycles. The molecule has 148 valence electrons. The molecular formula is C26H27NO2. The molecule has 0 aliphatic heterocycles. The van der Waals surface area contributed by atoms with Crippen molar-refractivity contribution in [3.05, 3.63) is 102 Å². The number of ether oxygens (including phenoxy) is 1. The summed E-state index contributed by atoms with van der Waals surface area (Å²) >= 11 is 0. The van der Waals surface area contributed by atoms with Gasteiger partial charge in [-0.15, -0.1) is 0 Å². The van der Waals surface area contributed by atoms with Crippen LogP contribution in [-0.2, 0) is 5.41 Å². The van der Waals surface area contributed by atoms with E-state index >= 15 is 0 Å². The van der Waals surface area contributed by atoms with Crippen molar-refractivity contribution in [2.45, 2.75) is 33.1 Å². The number of hydrogen-bond acceptors (Lipinski definition) is 3. The average Bonchev–Trinajstić information content (AvgIpc) is 2.70. The number of benzene rings is 3. The Morgan fingerprint density at radius 3 is 2.14 bits per heavy atom. The predicted molar refractivity (Wildman–Crippen MR) is 120 cm³/mol. The highest BCUT2D eigenvalue weighted by Crippen LogP contribution is 2.31. The van der Waals surface area contributed by atoms with Gasteiger partial charge >= 0.3 is 0 Å². The molecule has 0 fully saturated rings. The predicted octanol–water partition coefficient (Wildman–Crippen LogP) is 6.98. The van der Waals surface area contributed by atoms with E-state index in [1.54, 1.807) is 6.08 Å². The third-order valence-corrected chi connectivity index (χ3v) is 4.57. The van der Waals surface area contributed by atoms with Crippen LogP contribution in [0.5, 0.6) is 11.5 Å². The van der Waals surface area contributed by atoms with Gasteiger partial charge in [0.15, 0.2) is 11.5 Å². The van der Waals surface area contributed by atoms with E-state index in [4.69, 9.17) is 4.74 Å². The number of ketones is 1. The van der Waals surface area contributed by atoms with Crippen LogP contribution in [0.25, 0.3) is 0 Å². The van der Waals surface area contributed by atoms with Crippen LogP contribution in [-0.4, -0.2) is 5.78 Å². The van der Waals surface area contributed by atoms with E-state index in [9.17, 15) is 4.79 Å². The fourth-order valence-electron chi connectivity index (χ4n) is 2.94. The maximum absolute atomic E-state index is 12.4. The minimum Gasteiger partial charge on any atom is -0.455 e. The molecule has 0 bridgehead atoms. The molecule has 3 aromatic carbocycles. The summed E-state index contributed by atoms with van der Waals surface area (Å²) in [6.07, 6.45) is 1.60. The van der Waals surface area contributed by atoms with E-state index in [1.165, 1.54) is 5.56 Å². The third kappa shape index (κ3) is 5.58. The molecule has 3 heteroatoms. The van der Waals surface area contributed by atoms with E-state index in [0.29, 0.717) is 11.3 Å². The van der Waals surface area contributed by atoms with Crippen molar-refractivity contribution in [3.63, 3.8) is 0 Å². The summed E-state index contributed by atoms with van der Waals surface area (Å²) < 4.78 is 6.09. The van der Waals surface area contributed by atoms with Crippen LogP contribution in [0.4, 0.5) is 5.69 Å². The zero-order chi connectivity index (χ0) is 20.9. The van der Waals surface area contributed by atoms with E-state index in [-0.39, 0.29) is 11.2 Å². The summed E-state index contributed by atoms with van der Waals surface area (Å²) in [6.45, 7) is 8.44. The van der Waals surface area contributed by atoms with Crippen LogP contribution in [0, 0.1) is 0 Å². The average molecular weight is 386 g/mol. The molecule has 0 saturated carbocycles. The molecule has 0 spiro atoms. The summed E-state index contributed by atoms with van der Waals surface area (Å²) in [5, 5.41) is 3.28. The zero-order valence-corrected chi connectivity index (χ0v) is 17.4. The third-order valence-electron chi connectivity index (χ3n) is 4.57. The molecule has 0 radical (unpaired) electrons. The number of anilines is 1. The maximum Gasteiger partial charge on any atom is 0.187 e. The molecule has 29 heavy (non-hydrogen) atoms. The Labute approximate surface area is 173 Å². The number of carbonyl (C=O) groups is 1. The van der Waals surface area contributed by atoms with Gasteiger partial charge in [0.1, 0.15) is 5.75 Å². The standard InChI is InChI=1S/C26H27NO2/c1-19(18-24(28)20-10-6-5-7-11-20)27-23-12-8-9-13-25(23)29-22-16-14-21(15-17-22)26(2,3)4/h5-18,27H,1-4H3/b19-18-. The lowest BCUT2D eigenvalue weighted by molar-refractivity contribution is 0.104. The Hall–Kier alpha value is -3.33. The fraction of sp³-hybridized carbons (Fsp3) is 0.192. The Bertz CT molecular complexity index is 997. The van der Waals surface area contributed by atoms with Gasteiger partial charge in [0.2, 0.25) is 0 Å². The van der Waals surface area contributed by atoms with Gasteiger partial charge in [-0.05, 0) is 42.2 Å². The highest BCUT2D eigenvalue weighted by atomic mass is 16.5. The first kappa shape index (κ1) is 20.4. The van der Waals surface area contributed by atoms with Crippen molar-refractivity contribution in [2.75, 3.05) is 5.32 Å². The van der Waals surface area contributed by atoms with Gasteiger partial charge in [0.05, 0.1) is 5.69 Å². The number of allylic oxidation sites excluding steroid dienone is 2. The Morgan fingerprint density at radius 1 is 0.862 bits per heavy atom. The largest absolute Gasteiger partial charge is 0.455 e. The minimum absolute atomic E-state index is 0.0354. The van der Waals surface area contributed by atoms with Gasteiger partial charge in [-0.2, -0.15) is 0 Å². The molecule has 3 rings (SSSR count). The molecular weight excluding hydrogens is 358 g/mol. The van der Waals surface area contributed by atoms with Crippen LogP contribution >= 0.6 is 0 Å².